The Labute approximate surface area is 107 Å². The number of hydrogen-bond acceptors (Lipinski definition) is 4. The Morgan fingerprint density at radius 2 is 1.67 bits per heavy atom. The van der Waals surface area contributed by atoms with Crippen molar-refractivity contribution in [2.75, 3.05) is 0 Å². The van der Waals surface area contributed by atoms with Crippen molar-refractivity contribution < 1.29 is 10.2 Å². The third-order valence-corrected chi connectivity index (χ3v) is 1.61. The van der Waals surface area contributed by atoms with Gasteiger partial charge in [-0.2, -0.15) is 10.2 Å². The third kappa shape index (κ3) is 7.00. The maximum atomic E-state index is 9.04. The van der Waals surface area contributed by atoms with Gasteiger partial charge in [0.25, 0.3) is 0 Å². The molecule has 0 unspecified atom stereocenters. The van der Waals surface area contributed by atoms with Crippen LogP contribution in [0.1, 0.15) is 13.8 Å². The van der Waals surface area contributed by atoms with Gasteiger partial charge in [-0.15, -0.1) is 0 Å². The Hall–Kier alpha value is -2.36. The molecule has 1 rings (SSSR count). The summed E-state index contributed by atoms with van der Waals surface area (Å²) in [5, 5.41) is 25.5. The second-order valence-corrected chi connectivity index (χ2v) is 3.03. The molecular weight excluding hydrogens is 228 g/mol. The van der Waals surface area contributed by atoms with Crippen molar-refractivity contribution in [1.82, 2.24) is 0 Å². The number of benzene rings is 1. The summed E-state index contributed by atoms with van der Waals surface area (Å²) in [5.74, 6) is 0.107. The predicted molar refractivity (Wildman–Crippen MR) is 74.0 cm³/mol. The van der Waals surface area contributed by atoms with Crippen molar-refractivity contribution in [2.45, 2.75) is 13.8 Å². The Morgan fingerprint density at radius 3 is 2.17 bits per heavy atom. The van der Waals surface area contributed by atoms with Gasteiger partial charge in [-0.3, -0.25) is 0 Å². The van der Waals surface area contributed by atoms with Crippen molar-refractivity contribution in [3.63, 3.8) is 0 Å². The van der Waals surface area contributed by atoms with Gasteiger partial charge in [0, 0.05) is 0 Å². The molecule has 2 N–H and O–H groups in total. The first-order valence-electron chi connectivity index (χ1n) is 5.53. The Morgan fingerprint density at radius 1 is 1.11 bits per heavy atom. The van der Waals surface area contributed by atoms with Crippen molar-refractivity contribution in [1.29, 1.82) is 0 Å². The minimum Gasteiger partial charge on any atom is -0.509 e. The molecule has 0 radical (unpaired) electrons. The number of aromatic hydroxyl groups is 1. The van der Waals surface area contributed by atoms with Crippen LogP contribution in [0.4, 0.5) is 5.69 Å². The molecule has 0 saturated heterocycles. The van der Waals surface area contributed by atoms with Crippen LogP contribution >= 0.6 is 0 Å². The number of aliphatic hydroxyl groups is 1. The smallest absolute Gasteiger partial charge is 0.115 e. The highest BCUT2D eigenvalue weighted by atomic mass is 16.3. The lowest BCUT2D eigenvalue weighted by molar-refractivity contribution is 0.435. The van der Waals surface area contributed by atoms with E-state index in [0.717, 1.165) is 0 Å². The summed E-state index contributed by atoms with van der Waals surface area (Å²) < 4.78 is 0. The first kappa shape index (κ1) is 15.6. The molecule has 96 valence electrons. The van der Waals surface area contributed by atoms with Crippen LogP contribution in [0, 0.1) is 0 Å². The lowest BCUT2D eigenvalue weighted by Crippen LogP contribution is -1.70. The minimum absolute atomic E-state index is 0.0685. The zero-order valence-corrected chi connectivity index (χ0v) is 10.7. The van der Waals surface area contributed by atoms with E-state index < -0.39 is 0 Å². The van der Waals surface area contributed by atoms with E-state index in [2.05, 4.69) is 23.4 Å². The van der Waals surface area contributed by atoms with Crippen molar-refractivity contribution in [2.24, 2.45) is 10.2 Å². The molecule has 0 amide bonds. The van der Waals surface area contributed by atoms with Gasteiger partial charge in [0.2, 0.25) is 0 Å². The molecule has 18 heavy (non-hydrogen) atoms. The summed E-state index contributed by atoms with van der Waals surface area (Å²) in [6.45, 7) is 10.9. The second kappa shape index (κ2) is 8.75. The summed E-state index contributed by atoms with van der Waals surface area (Å²) in [7, 11) is 0. The van der Waals surface area contributed by atoms with E-state index in [4.69, 9.17) is 10.2 Å². The lowest BCUT2D eigenvalue weighted by atomic mass is 10.3. The van der Waals surface area contributed by atoms with Gasteiger partial charge in [-0.1, -0.05) is 27.0 Å². The molecule has 0 atom stereocenters. The molecule has 4 heteroatoms. The van der Waals surface area contributed by atoms with E-state index in [9.17, 15) is 0 Å². The van der Waals surface area contributed by atoms with E-state index in [0.29, 0.717) is 11.4 Å². The van der Waals surface area contributed by atoms with Crippen LogP contribution in [0.25, 0.3) is 0 Å². The van der Waals surface area contributed by atoms with Crippen molar-refractivity contribution in [3.8, 4) is 5.75 Å². The zero-order chi connectivity index (χ0) is 14.0. The summed E-state index contributed by atoms with van der Waals surface area (Å²) in [6.07, 6.45) is 2.87. The highest BCUT2D eigenvalue weighted by molar-refractivity contribution is 5.40. The third-order valence-electron chi connectivity index (χ3n) is 1.61. The summed E-state index contributed by atoms with van der Waals surface area (Å²) in [6, 6.07) is 6.28. The SMILES string of the molecule is C=C(O)/C=C\C(=C)N=Nc1ccc(O)cc1.CC. The Kier molecular flexibility index (Phi) is 7.61. The normalized spacial score (nSPS) is 10.1. The number of allylic oxidation sites excluding steroid dienone is 2. The maximum absolute atomic E-state index is 9.04. The number of nitrogens with zero attached hydrogens (tertiary/aromatic N) is 2. The maximum Gasteiger partial charge on any atom is 0.115 e. The van der Waals surface area contributed by atoms with Gasteiger partial charge < -0.3 is 10.2 Å². The highest BCUT2D eigenvalue weighted by Gasteiger charge is 1.90. The van der Waals surface area contributed by atoms with Crippen molar-refractivity contribution >= 4 is 5.69 Å². The number of hydrogen-bond donors (Lipinski definition) is 2. The average molecular weight is 246 g/mol. The van der Waals surface area contributed by atoms with Crippen LogP contribution in [0.2, 0.25) is 0 Å². The van der Waals surface area contributed by atoms with Crippen LogP contribution in [0.3, 0.4) is 0 Å². The van der Waals surface area contributed by atoms with Crippen LogP contribution in [-0.4, -0.2) is 10.2 Å². The molecule has 0 bridgehead atoms. The molecule has 0 aliphatic heterocycles. The Bertz CT molecular complexity index is 445. The molecule has 0 aliphatic carbocycles. The highest BCUT2D eigenvalue weighted by Crippen LogP contribution is 2.17. The van der Waals surface area contributed by atoms with Crippen molar-refractivity contribution in [3.05, 3.63) is 61.0 Å². The van der Waals surface area contributed by atoms with Gasteiger partial charge in [-0.05, 0) is 36.4 Å². The lowest BCUT2D eigenvalue weighted by Gasteiger charge is -1.93. The molecule has 4 nitrogen and oxygen atoms in total. The number of phenols is 1. The van der Waals surface area contributed by atoms with Gasteiger partial charge in [0.15, 0.2) is 0 Å². The van der Waals surface area contributed by atoms with Crippen LogP contribution in [0.15, 0.2) is 71.3 Å². The van der Waals surface area contributed by atoms with Crippen LogP contribution in [0.5, 0.6) is 5.75 Å². The first-order valence-corrected chi connectivity index (χ1v) is 5.53. The quantitative estimate of drug-likeness (QED) is 0.461. The van der Waals surface area contributed by atoms with Crippen LogP contribution in [-0.2, 0) is 0 Å². The monoisotopic (exact) mass is 246 g/mol. The van der Waals surface area contributed by atoms with E-state index in [1.807, 2.05) is 13.8 Å². The number of phenolic OH excluding ortho intramolecular Hbond substituents is 1. The zero-order valence-electron chi connectivity index (χ0n) is 10.7. The largest absolute Gasteiger partial charge is 0.509 e. The minimum atomic E-state index is -0.0685. The fourth-order valence-corrected chi connectivity index (χ4v) is 0.867. The fourth-order valence-electron chi connectivity index (χ4n) is 0.867. The van der Waals surface area contributed by atoms with Gasteiger partial charge in [0.1, 0.15) is 11.5 Å². The molecule has 0 aliphatic rings. The molecule has 0 heterocycles. The van der Waals surface area contributed by atoms with Crippen LogP contribution < -0.4 is 0 Å². The van der Waals surface area contributed by atoms with Gasteiger partial charge >= 0.3 is 0 Å². The van der Waals surface area contributed by atoms with E-state index in [-0.39, 0.29) is 11.5 Å². The average Bonchev–Trinajstić information content (AvgIpc) is 2.38. The first-order chi connectivity index (χ1) is 8.58. The topological polar surface area (TPSA) is 65.2 Å². The Balaban J connectivity index is 0.00000137. The van der Waals surface area contributed by atoms with E-state index >= 15 is 0 Å². The van der Waals surface area contributed by atoms with E-state index in [1.165, 1.54) is 24.3 Å². The fraction of sp³-hybridized carbons (Fsp3) is 0.143. The summed E-state index contributed by atoms with van der Waals surface area (Å²) in [4.78, 5) is 0. The standard InChI is InChI=1S/C12H12N2O2.C2H6/c1-9(3-4-10(2)15)13-14-11-5-7-12(16)8-6-11;1-2/h3-8,15-16H,1-2H2;1-2H3/b4-3-,14-13?;. The molecular formula is C14H18N2O2. The molecule has 1 aromatic rings. The summed E-state index contributed by atoms with van der Waals surface area (Å²) >= 11 is 0. The molecule has 0 fully saturated rings. The molecule has 0 spiro atoms. The number of aliphatic hydroxyl groups excluding tert-OH is 1. The number of rotatable bonds is 4. The second-order valence-electron chi connectivity index (χ2n) is 3.03. The summed E-state index contributed by atoms with van der Waals surface area (Å²) in [5.41, 5.74) is 0.999. The van der Waals surface area contributed by atoms with Gasteiger partial charge in [-0.25, -0.2) is 0 Å². The molecule has 0 aromatic heterocycles. The predicted octanol–water partition coefficient (Wildman–Crippen LogP) is 4.64. The number of azo groups is 1. The van der Waals surface area contributed by atoms with Gasteiger partial charge in [0.05, 0.1) is 11.4 Å². The van der Waals surface area contributed by atoms with E-state index in [1.54, 1.807) is 12.1 Å². The molecule has 0 saturated carbocycles. The molecule has 1 aromatic carbocycles.